The zero-order valence-electron chi connectivity index (χ0n) is 15.8. The van der Waals surface area contributed by atoms with Crippen LogP contribution < -0.4 is 0 Å². The van der Waals surface area contributed by atoms with Crippen molar-refractivity contribution in [1.82, 2.24) is 0 Å². The van der Waals surface area contributed by atoms with E-state index in [4.69, 9.17) is 9.47 Å². The van der Waals surface area contributed by atoms with E-state index in [1.54, 1.807) is 0 Å². The average molecular weight is 368 g/mol. The summed E-state index contributed by atoms with van der Waals surface area (Å²) in [6.07, 6.45) is 4.68. The van der Waals surface area contributed by atoms with Crippen molar-refractivity contribution in [3.8, 4) is 0 Å². The number of hydrogen-bond acceptors (Lipinski definition) is 4. The fourth-order valence-electron chi connectivity index (χ4n) is 2.68. The molecule has 2 aromatic rings. The van der Waals surface area contributed by atoms with E-state index in [2.05, 4.69) is 0 Å². The van der Waals surface area contributed by atoms with Gasteiger partial charge in [0.15, 0.2) is 0 Å². The van der Waals surface area contributed by atoms with E-state index < -0.39 is 0 Å². The zero-order chi connectivity index (χ0) is 19.2. The Morgan fingerprint density at radius 1 is 0.593 bits per heavy atom. The molecule has 0 aliphatic rings. The molecule has 0 aromatic heterocycles. The Hall–Kier alpha value is -2.62. The summed E-state index contributed by atoms with van der Waals surface area (Å²) in [5, 5.41) is 0. The Morgan fingerprint density at radius 3 is 1.41 bits per heavy atom. The number of ether oxygens (including phenoxy) is 2. The molecule has 0 radical (unpaired) electrons. The van der Waals surface area contributed by atoms with E-state index in [0.717, 1.165) is 30.4 Å². The number of carbonyl (C=O) groups excluding carboxylic acids is 2. The molecular formula is C23H28O4. The maximum absolute atomic E-state index is 11.7. The molecule has 2 aromatic carbocycles. The maximum atomic E-state index is 11.7. The first-order valence-corrected chi connectivity index (χ1v) is 9.63. The van der Waals surface area contributed by atoms with Crippen LogP contribution in [0.1, 0.15) is 43.2 Å². The lowest BCUT2D eigenvalue weighted by Gasteiger charge is -2.06. The van der Waals surface area contributed by atoms with Crippen molar-refractivity contribution in [2.24, 2.45) is 0 Å². The number of esters is 2. The highest BCUT2D eigenvalue weighted by Crippen LogP contribution is 2.06. The molecule has 0 aliphatic carbocycles. The lowest BCUT2D eigenvalue weighted by molar-refractivity contribution is -0.144. The minimum absolute atomic E-state index is 0.161. The van der Waals surface area contributed by atoms with Gasteiger partial charge in [0, 0.05) is 12.8 Å². The van der Waals surface area contributed by atoms with Crippen LogP contribution in [-0.4, -0.2) is 25.2 Å². The molecule has 0 heterocycles. The van der Waals surface area contributed by atoms with Crippen molar-refractivity contribution in [2.45, 2.75) is 44.9 Å². The van der Waals surface area contributed by atoms with Crippen molar-refractivity contribution in [3.63, 3.8) is 0 Å². The van der Waals surface area contributed by atoms with Gasteiger partial charge in [0.1, 0.15) is 0 Å². The normalized spacial score (nSPS) is 10.4. The van der Waals surface area contributed by atoms with Crippen LogP contribution in [0, 0.1) is 0 Å². The third kappa shape index (κ3) is 9.59. The van der Waals surface area contributed by atoms with Crippen molar-refractivity contribution < 1.29 is 19.1 Å². The summed E-state index contributed by atoms with van der Waals surface area (Å²) in [5.74, 6) is -0.322. The molecular weight excluding hydrogens is 340 g/mol. The largest absolute Gasteiger partial charge is 0.466 e. The topological polar surface area (TPSA) is 52.6 Å². The number of aryl methyl sites for hydroxylation is 2. The average Bonchev–Trinajstić information content (AvgIpc) is 2.71. The van der Waals surface area contributed by atoms with E-state index >= 15 is 0 Å². The van der Waals surface area contributed by atoms with E-state index in [-0.39, 0.29) is 11.9 Å². The number of carbonyl (C=O) groups is 2. The summed E-state index contributed by atoms with van der Waals surface area (Å²) in [6.45, 7) is 0.852. The van der Waals surface area contributed by atoms with Gasteiger partial charge >= 0.3 is 11.9 Å². The number of unbranched alkanes of at least 4 members (excludes halogenated alkanes) is 2. The monoisotopic (exact) mass is 368 g/mol. The first kappa shape index (κ1) is 20.7. The fraction of sp³-hybridized carbons (Fsp3) is 0.391. The summed E-state index contributed by atoms with van der Waals surface area (Å²) >= 11 is 0. The Morgan fingerprint density at radius 2 is 1.00 bits per heavy atom. The van der Waals surface area contributed by atoms with Crippen LogP contribution >= 0.6 is 0 Å². The van der Waals surface area contributed by atoms with Crippen LogP contribution in [0.2, 0.25) is 0 Å². The van der Waals surface area contributed by atoms with Gasteiger partial charge < -0.3 is 9.47 Å². The zero-order valence-corrected chi connectivity index (χ0v) is 15.8. The van der Waals surface area contributed by atoms with Crippen molar-refractivity contribution in [3.05, 3.63) is 71.8 Å². The van der Waals surface area contributed by atoms with Crippen LogP contribution in [0.15, 0.2) is 60.7 Å². The number of hydrogen-bond donors (Lipinski definition) is 0. The summed E-state index contributed by atoms with van der Waals surface area (Å²) in [4.78, 5) is 23.4. The Labute approximate surface area is 161 Å². The third-order valence-corrected chi connectivity index (χ3v) is 4.24. The lowest BCUT2D eigenvalue weighted by Crippen LogP contribution is -2.08. The molecule has 4 heteroatoms. The first-order valence-electron chi connectivity index (χ1n) is 9.63. The molecule has 0 atom stereocenters. The van der Waals surface area contributed by atoms with Gasteiger partial charge in [-0.15, -0.1) is 0 Å². The summed E-state index contributed by atoms with van der Waals surface area (Å²) in [6, 6.07) is 19.8. The highest BCUT2D eigenvalue weighted by Gasteiger charge is 2.05. The molecule has 0 saturated heterocycles. The minimum atomic E-state index is -0.161. The van der Waals surface area contributed by atoms with Gasteiger partial charge in [-0.2, -0.15) is 0 Å². The molecule has 0 N–H and O–H groups in total. The summed E-state index contributed by atoms with van der Waals surface area (Å²) in [5.41, 5.74) is 2.28. The van der Waals surface area contributed by atoms with E-state index in [1.807, 2.05) is 60.7 Å². The highest BCUT2D eigenvalue weighted by atomic mass is 16.5. The van der Waals surface area contributed by atoms with Crippen molar-refractivity contribution in [1.29, 1.82) is 0 Å². The second-order valence-corrected chi connectivity index (χ2v) is 6.47. The maximum Gasteiger partial charge on any atom is 0.306 e. The summed E-state index contributed by atoms with van der Waals surface area (Å²) < 4.78 is 10.5. The SMILES string of the molecule is O=C(CCc1ccccc1)OCCCCCOC(=O)CCc1ccccc1. The summed E-state index contributed by atoms with van der Waals surface area (Å²) in [7, 11) is 0. The van der Waals surface area contributed by atoms with Gasteiger partial charge in [0.2, 0.25) is 0 Å². The second-order valence-electron chi connectivity index (χ2n) is 6.47. The molecule has 144 valence electrons. The predicted octanol–water partition coefficient (Wildman–Crippen LogP) is 4.51. The number of benzene rings is 2. The Kier molecular flexibility index (Phi) is 9.72. The van der Waals surface area contributed by atoms with Crippen LogP contribution in [0.3, 0.4) is 0 Å². The molecule has 0 bridgehead atoms. The van der Waals surface area contributed by atoms with E-state index in [9.17, 15) is 9.59 Å². The van der Waals surface area contributed by atoms with E-state index in [1.165, 1.54) is 0 Å². The minimum Gasteiger partial charge on any atom is -0.466 e. The standard InChI is InChI=1S/C23H28O4/c24-22(16-14-20-10-4-1-5-11-20)26-18-8-3-9-19-27-23(25)17-15-21-12-6-2-7-13-21/h1-2,4-7,10-13H,3,8-9,14-19H2. The molecule has 4 nitrogen and oxygen atoms in total. The first-order chi connectivity index (χ1) is 13.2. The molecule has 27 heavy (non-hydrogen) atoms. The molecule has 0 aliphatic heterocycles. The molecule has 0 saturated carbocycles. The predicted molar refractivity (Wildman–Crippen MR) is 105 cm³/mol. The third-order valence-electron chi connectivity index (χ3n) is 4.24. The van der Waals surface area contributed by atoms with Gasteiger partial charge in [0.05, 0.1) is 13.2 Å². The molecule has 0 fully saturated rings. The van der Waals surface area contributed by atoms with Crippen molar-refractivity contribution >= 4 is 11.9 Å². The van der Waals surface area contributed by atoms with Gasteiger partial charge in [-0.05, 0) is 43.2 Å². The molecule has 0 spiro atoms. The van der Waals surface area contributed by atoms with Gasteiger partial charge in [-0.25, -0.2) is 0 Å². The number of rotatable bonds is 12. The molecule has 0 unspecified atom stereocenters. The second kappa shape index (κ2) is 12.7. The van der Waals surface area contributed by atoms with Crippen LogP contribution in [0.4, 0.5) is 0 Å². The lowest BCUT2D eigenvalue weighted by atomic mass is 10.1. The molecule has 0 amide bonds. The van der Waals surface area contributed by atoms with Gasteiger partial charge in [0.25, 0.3) is 0 Å². The smallest absolute Gasteiger partial charge is 0.306 e. The van der Waals surface area contributed by atoms with Crippen LogP contribution in [0.25, 0.3) is 0 Å². The van der Waals surface area contributed by atoms with Gasteiger partial charge in [-0.3, -0.25) is 9.59 Å². The highest BCUT2D eigenvalue weighted by molar-refractivity contribution is 5.70. The van der Waals surface area contributed by atoms with E-state index in [0.29, 0.717) is 38.9 Å². The van der Waals surface area contributed by atoms with Crippen LogP contribution in [-0.2, 0) is 31.9 Å². The quantitative estimate of drug-likeness (QED) is 0.409. The fourth-order valence-corrected chi connectivity index (χ4v) is 2.68. The molecule has 2 rings (SSSR count). The van der Waals surface area contributed by atoms with Crippen LogP contribution in [0.5, 0.6) is 0 Å². The van der Waals surface area contributed by atoms with Crippen molar-refractivity contribution in [2.75, 3.05) is 13.2 Å². The Bertz CT molecular complexity index is 608. The van der Waals surface area contributed by atoms with Gasteiger partial charge in [-0.1, -0.05) is 60.7 Å². The Balaban J connectivity index is 1.41.